The van der Waals surface area contributed by atoms with Gasteiger partial charge in [0.25, 0.3) is 0 Å². The third-order valence-electron chi connectivity index (χ3n) is 3.11. The monoisotopic (exact) mass is 253 g/mol. The van der Waals surface area contributed by atoms with Crippen LogP contribution < -0.4 is 10.5 Å². The summed E-state index contributed by atoms with van der Waals surface area (Å²) < 4.78 is 7.78. The highest BCUT2D eigenvalue weighted by molar-refractivity contribution is 5.64. The van der Waals surface area contributed by atoms with Crippen LogP contribution in [-0.4, -0.2) is 9.38 Å². The number of benzene rings is 1. The van der Waals surface area contributed by atoms with E-state index in [9.17, 15) is 0 Å². The van der Waals surface area contributed by atoms with Crippen LogP contribution in [0.25, 0.3) is 5.65 Å². The maximum Gasteiger partial charge on any atom is 0.160 e. The first kappa shape index (κ1) is 11.6. The highest BCUT2D eigenvalue weighted by atomic mass is 16.5. The van der Waals surface area contributed by atoms with Gasteiger partial charge in [-0.1, -0.05) is 18.2 Å². The van der Waals surface area contributed by atoms with Gasteiger partial charge in [-0.05, 0) is 30.7 Å². The smallest absolute Gasteiger partial charge is 0.160 e. The van der Waals surface area contributed by atoms with Crippen LogP contribution in [0.1, 0.15) is 11.3 Å². The van der Waals surface area contributed by atoms with Crippen molar-refractivity contribution in [3.05, 3.63) is 60.0 Å². The Labute approximate surface area is 111 Å². The first-order valence-electron chi connectivity index (χ1n) is 6.14. The van der Waals surface area contributed by atoms with E-state index in [0.29, 0.717) is 12.3 Å². The number of aromatic nitrogens is 2. The number of ether oxygens (including phenoxy) is 1. The summed E-state index contributed by atoms with van der Waals surface area (Å²) in [5.74, 6) is 0.890. The molecule has 0 aliphatic carbocycles. The number of imidazole rings is 1. The molecule has 0 spiro atoms. The van der Waals surface area contributed by atoms with Gasteiger partial charge in [-0.3, -0.25) is 4.40 Å². The summed E-state index contributed by atoms with van der Waals surface area (Å²) in [6.45, 7) is 2.50. The lowest BCUT2D eigenvalue weighted by Crippen LogP contribution is -2.01. The fraction of sp³-hybridized carbons (Fsp3) is 0.133. The topological polar surface area (TPSA) is 52.5 Å². The Bertz CT molecular complexity index is 718. The number of para-hydroxylation sites is 1. The summed E-state index contributed by atoms with van der Waals surface area (Å²) in [6, 6.07) is 11.7. The molecule has 0 amide bonds. The van der Waals surface area contributed by atoms with Gasteiger partial charge in [0, 0.05) is 6.20 Å². The maximum atomic E-state index is 5.88. The Morgan fingerprint density at radius 2 is 2.05 bits per heavy atom. The average molecular weight is 253 g/mol. The molecule has 0 aliphatic heterocycles. The highest BCUT2D eigenvalue weighted by Gasteiger charge is 2.06. The zero-order chi connectivity index (χ0) is 13.2. The second-order valence-electron chi connectivity index (χ2n) is 4.46. The minimum absolute atomic E-state index is 0.468. The van der Waals surface area contributed by atoms with Crippen LogP contribution >= 0.6 is 0 Å². The van der Waals surface area contributed by atoms with Gasteiger partial charge in [0.15, 0.2) is 5.65 Å². The van der Waals surface area contributed by atoms with E-state index in [1.54, 1.807) is 6.20 Å². The Morgan fingerprint density at radius 3 is 2.89 bits per heavy atom. The third-order valence-corrected chi connectivity index (χ3v) is 3.11. The standard InChI is InChI=1S/C15H15N3O/c1-11-5-2-3-7-14(11)19-10-12-9-17-15-13(16)6-4-8-18(12)15/h2-9H,10,16H2,1H3. The molecule has 2 aromatic heterocycles. The summed E-state index contributed by atoms with van der Waals surface area (Å²) in [4.78, 5) is 4.31. The van der Waals surface area contributed by atoms with Crippen molar-refractivity contribution < 1.29 is 4.74 Å². The number of nitrogens with two attached hydrogens (primary N) is 1. The van der Waals surface area contributed by atoms with Crippen LogP contribution in [-0.2, 0) is 6.61 Å². The first-order valence-corrected chi connectivity index (χ1v) is 6.14. The molecule has 3 rings (SSSR count). The van der Waals surface area contributed by atoms with Crippen LogP contribution in [0.3, 0.4) is 0 Å². The minimum Gasteiger partial charge on any atom is -0.487 e. The number of pyridine rings is 1. The van der Waals surface area contributed by atoms with Crippen molar-refractivity contribution in [2.75, 3.05) is 5.73 Å². The third kappa shape index (κ3) is 2.12. The molecular formula is C15H15N3O. The number of rotatable bonds is 3. The Hall–Kier alpha value is -2.49. The van der Waals surface area contributed by atoms with Gasteiger partial charge in [-0.15, -0.1) is 0 Å². The molecular weight excluding hydrogens is 238 g/mol. The van der Waals surface area contributed by atoms with Crippen molar-refractivity contribution in [3.8, 4) is 5.75 Å². The summed E-state index contributed by atoms with van der Waals surface area (Å²) in [5, 5.41) is 0. The molecule has 2 N–H and O–H groups in total. The van der Waals surface area contributed by atoms with E-state index in [-0.39, 0.29) is 0 Å². The molecule has 2 heterocycles. The molecule has 96 valence electrons. The van der Waals surface area contributed by atoms with Crippen LogP contribution in [0, 0.1) is 6.92 Å². The maximum absolute atomic E-state index is 5.88. The normalized spacial score (nSPS) is 10.8. The molecule has 0 saturated heterocycles. The second kappa shape index (κ2) is 4.65. The average Bonchev–Trinajstić information content (AvgIpc) is 2.83. The fourth-order valence-corrected chi connectivity index (χ4v) is 2.06. The summed E-state index contributed by atoms with van der Waals surface area (Å²) in [6.07, 6.45) is 3.74. The lowest BCUT2D eigenvalue weighted by atomic mass is 10.2. The van der Waals surface area contributed by atoms with Crippen molar-refractivity contribution >= 4 is 11.3 Å². The molecule has 1 aromatic carbocycles. The van der Waals surface area contributed by atoms with E-state index in [2.05, 4.69) is 4.98 Å². The number of nitrogens with zero attached hydrogens (tertiary/aromatic N) is 2. The zero-order valence-corrected chi connectivity index (χ0v) is 10.7. The van der Waals surface area contributed by atoms with Gasteiger partial charge in [0.1, 0.15) is 12.4 Å². The van der Waals surface area contributed by atoms with Crippen molar-refractivity contribution in [2.45, 2.75) is 13.5 Å². The molecule has 3 aromatic rings. The largest absolute Gasteiger partial charge is 0.487 e. The molecule has 0 fully saturated rings. The molecule has 0 bridgehead atoms. The van der Waals surface area contributed by atoms with E-state index in [1.807, 2.05) is 53.9 Å². The van der Waals surface area contributed by atoms with Crippen LogP contribution in [0.2, 0.25) is 0 Å². The fourth-order valence-electron chi connectivity index (χ4n) is 2.06. The Balaban J connectivity index is 1.87. The van der Waals surface area contributed by atoms with Crippen LogP contribution in [0.5, 0.6) is 5.75 Å². The summed E-state index contributed by atoms with van der Waals surface area (Å²) >= 11 is 0. The van der Waals surface area contributed by atoms with Crippen molar-refractivity contribution in [2.24, 2.45) is 0 Å². The van der Waals surface area contributed by atoms with Crippen LogP contribution in [0.4, 0.5) is 5.69 Å². The molecule has 0 unspecified atom stereocenters. The number of anilines is 1. The summed E-state index contributed by atoms with van der Waals surface area (Å²) in [7, 11) is 0. The van der Waals surface area contributed by atoms with Crippen molar-refractivity contribution in [3.63, 3.8) is 0 Å². The molecule has 0 radical (unpaired) electrons. The van der Waals surface area contributed by atoms with Gasteiger partial charge >= 0.3 is 0 Å². The molecule has 0 saturated carbocycles. The molecule has 4 heteroatoms. The van der Waals surface area contributed by atoms with E-state index >= 15 is 0 Å². The van der Waals surface area contributed by atoms with E-state index in [1.165, 1.54) is 0 Å². The van der Waals surface area contributed by atoms with E-state index in [0.717, 1.165) is 22.7 Å². The SMILES string of the molecule is Cc1ccccc1OCc1cnc2c(N)cccn12. The van der Waals surface area contributed by atoms with E-state index in [4.69, 9.17) is 10.5 Å². The predicted molar refractivity (Wildman–Crippen MR) is 75.1 cm³/mol. The van der Waals surface area contributed by atoms with Gasteiger partial charge in [-0.2, -0.15) is 0 Å². The van der Waals surface area contributed by atoms with E-state index < -0.39 is 0 Å². The number of fused-ring (bicyclic) bond motifs is 1. The van der Waals surface area contributed by atoms with Crippen molar-refractivity contribution in [1.82, 2.24) is 9.38 Å². The number of nitrogen functional groups attached to an aromatic ring is 1. The molecule has 4 nitrogen and oxygen atoms in total. The second-order valence-corrected chi connectivity index (χ2v) is 4.46. The number of hydrogen-bond acceptors (Lipinski definition) is 3. The molecule has 0 atom stereocenters. The van der Waals surface area contributed by atoms with Crippen molar-refractivity contribution in [1.29, 1.82) is 0 Å². The Morgan fingerprint density at radius 1 is 1.21 bits per heavy atom. The molecule has 19 heavy (non-hydrogen) atoms. The Kier molecular flexibility index (Phi) is 2.83. The summed E-state index contributed by atoms with van der Waals surface area (Å²) in [5.41, 5.74) is 9.42. The van der Waals surface area contributed by atoms with Gasteiger partial charge in [0.05, 0.1) is 17.6 Å². The number of hydrogen-bond donors (Lipinski definition) is 1. The minimum atomic E-state index is 0.468. The molecule has 0 aliphatic rings. The lowest BCUT2D eigenvalue weighted by Gasteiger charge is -2.08. The first-order chi connectivity index (χ1) is 9.25. The van der Waals surface area contributed by atoms with Gasteiger partial charge in [0.2, 0.25) is 0 Å². The predicted octanol–water partition coefficient (Wildman–Crippen LogP) is 2.80. The highest BCUT2D eigenvalue weighted by Crippen LogP contribution is 2.19. The van der Waals surface area contributed by atoms with Gasteiger partial charge in [-0.25, -0.2) is 4.98 Å². The van der Waals surface area contributed by atoms with Gasteiger partial charge < -0.3 is 10.5 Å². The lowest BCUT2D eigenvalue weighted by molar-refractivity contribution is 0.298. The number of aryl methyl sites for hydroxylation is 1. The quantitative estimate of drug-likeness (QED) is 0.781. The van der Waals surface area contributed by atoms with Crippen LogP contribution in [0.15, 0.2) is 48.8 Å². The zero-order valence-electron chi connectivity index (χ0n) is 10.7.